The summed E-state index contributed by atoms with van der Waals surface area (Å²) in [6, 6.07) is 0. The van der Waals surface area contributed by atoms with Crippen LogP contribution < -0.4 is 0 Å². The summed E-state index contributed by atoms with van der Waals surface area (Å²) in [4.78, 5) is 2.36. The summed E-state index contributed by atoms with van der Waals surface area (Å²) in [5.74, 6) is 0.320. The van der Waals surface area contributed by atoms with Crippen LogP contribution in [-0.4, -0.2) is 82.0 Å². The first-order valence-electron chi connectivity index (χ1n) is 9.09. The smallest absolute Gasteiger partial charge is 0.282 e. The van der Waals surface area contributed by atoms with E-state index in [4.69, 9.17) is 4.74 Å². The van der Waals surface area contributed by atoms with E-state index in [2.05, 4.69) is 25.8 Å². The molecule has 7 heteroatoms. The van der Waals surface area contributed by atoms with Crippen molar-refractivity contribution in [3.8, 4) is 0 Å². The van der Waals surface area contributed by atoms with E-state index < -0.39 is 10.2 Å². The molecular formula is C17H33N3O3S. The molecule has 3 aliphatic rings. The molecule has 3 fully saturated rings. The minimum Gasteiger partial charge on any atom is -0.384 e. The number of ether oxygens (including phenoxy) is 1. The van der Waals surface area contributed by atoms with Crippen LogP contribution in [-0.2, 0) is 14.9 Å². The highest BCUT2D eigenvalue weighted by atomic mass is 32.2. The molecule has 140 valence electrons. The van der Waals surface area contributed by atoms with E-state index in [9.17, 15) is 8.42 Å². The largest absolute Gasteiger partial charge is 0.384 e. The molecule has 3 unspecified atom stereocenters. The number of likely N-dealkylation sites (tertiary alicyclic amines) is 1. The molecule has 0 N–H and O–H groups in total. The molecule has 3 rings (SSSR count). The van der Waals surface area contributed by atoms with E-state index in [0.717, 1.165) is 32.4 Å². The van der Waals surface area contributed by atoms with E-state index in [1.54, 1.807) is 15.7 Å². The SMILES string of the molecule is COCC1CCCN(S(=O)(=O)N2CC3(C)CN(C)CC(C)(C2)C3)C1. The molecule has 0 aromatic carbocycles. The van der Waals surface area contributed by atoms with Gasteiger partial charge in [0.05, 0.1) is 6.61 Å². The monoisotopic (exact) mass is 359 g/mol. The molecule has 24 heavy (non-hydrogen) atoms. The predicted octanol–water partition coefficient (Wildman–Crippen LogP) is 1.25. The van der Waals surface area contributed by atoms with Crippen molar-refractivity contribution in [2.75, 3.05) is 60.0 Å². The molecule has 0 saturated carbocycles. The summed E-state index contributed by atoms with van der Waals surface area (Å²) in [5.41, 5.74) is 0.101. The van der Waals surface area contributed by atoms with Crippen LogP contribution in [0.1, 0.15) is 33.1 Å². The van der Waals surface area contributed by atoms with Gasteiger partial charge in [-0.2, -0.15) is 17.0 Å². The van der Waals surface area contributed by atoms with Gasteiger partial charge in [0.1, 0.15) is 0 Å². The summed E-state index contributed by atoms with van der Waals surface area (Å²) in [5, 5.41) is 0. The third-order valence-electron chi connectivity index (χ3n) is 5.81. The number of rotatable bonds is 4. The van der Waals surface area contributed by atoms with Gasteiger partial charge in [0.15, 0.2) is 0 Å². The lowest BCUT2D eigenvalue weighted by Gasteiger charge is -2.56. The zero-order valence-corrected chi connectivity index (χ0v) is 16.4. The fourth-order valence-electron chi connectivity index (χ4n) is 5.56. The second kappa shape index (κ2) is 6.50. The predicted molar refractivity (Wildman–Crippen MR) is 95.0 cm³/mol. The van der Waals surface area contributed by atoms with Gasteiger partial charge in [0.2, 0.25) is 0 Å². The van der Waals surface area contributed by atoms with Crippen molar-refractivity contribution >= 4 is 10.2 Å². The van der Waals surface area contributed by atoms with Crippen LogP contribution in [0.4, 0.5) is 0 Å². The van der Waals surface area contributed by atoms with E-state index in [1.165, 1.54) is 0 Å². The average molecular weight is 360 g/mol. The highest BCUT2D eigenvalue weighted by molar-refractivity contribution is 7.86. The van der Waals surface area contributed by atoms with Gasteiger partial charge < -0.3 is 9.64 Å². The lowest BCUT2D eigenvalue weighted by Crippen LogP contribution is -2.64. The van der Waals surface area contributed by atoms with Crippen molar-refractivity contribution in [3.63, 3.8) is 0 Å². The average Bonchev–Trinajstić information content (AvgIpc) is 2.44. The van der Waals surface area contributed by atoms with Crippen LogP contribution in [0.5, 0.6) is 0 Å². The Bertz CT molecular complexity index is 547. The Kier molecular flexibility index (Phi) is 5.03. The third kappa shape index (κ3) is 3.65. The van der Waals surface area contributed by atoms with Gasteiger partial charge in [-0.15, -0.1) is 0 Å². The van der Waals surface area contributed by atoms with Crippen LogP contribution in [0.25, 0.3) is 0 Å². The fourth-order valence-corrected chi connectivity index (χ4v) is 7.59. The van der Waals surface area contributed by atoms with Crippen molar-refractivity contribution in [2.45, 2.75) is 33.1 Å². The lowest BCUT2D eigenvalue weighted by atomic mass is 9.66. The van der Waals surface area contributed by atoms with E-state index in [0.29, 0.717) is 38.7 Å². The summed E-state index contributed by atoms with van der Waals surface area (Å²) in [6.45, 7) is 9.60. The topological polar surface area (TPSA) is 53.1 Å². The van der Waals surface area contributed by atoms with Crippen LogP contribution >= 0.6 is 0 Å². The van der Waals surface area contributed by atoms with Crippen molar-refractivity contribution < 1.29 is 13.2 Å². The second-order valence-electron chi connectivity index (χ2n) is 9.07. The molecule has 2 bridgehead atoms. The summed E-state index contributed by atoms with van der Waals surface area (Å²) in [6.07, 6.45) is 3.10. The number of hydrogen-bond donors (Lipinski definition) is 0. The lowest BCUT2D eigenvalue weighted by molar-refractivity contribution is -0.0407. The zero-order valence-electron chi connectivity index (χ0n) is 15.6. The number of hydrogen-bond acceptors (Lipinski definition) is 4. The molecule has 3 aliphatic heterocycles. The minimum atomic E-state index is -3.38. The molecule has 0 amide bonds. The maximum Gasteiger partial charge on any atom is 0.282 e. The summed E-state index contributed by atoms with van der Waals surface area (Å²) < 4.78 is 35.3. The molecule has 0 aromatic heterocycles. The highest BCUT2D eigenvalue weighted by Gasteiger charge is 2.51. The second-order valence-corrected chi connectivity index (χ2v) is 11.0. The number of nitrogens with zero attached hydrogens (tertiary/aromatic N) is 3. The van der Waals surface area contributed by atoms with Gasteiger partial charge in [-0.1, -0.05) is 13.8 Å². The van der Waals surface area contributed by atoms with Crippen LogP contribution in [0.2, 0.25) is 0 Å². The minimum absolute atomic E-state index is 0.0504. The van der Waals surface area contributed by atoms with Crippen molar-refractivity contribution in [1.29, 1.82) is 0 Å². The molecule has 0 radical (unpaired) electrons. The third-order valence-corrected chi connectivity index (χ3v) is 7.70. The van der Waals surface area contributed by atoms with Crippen molar-refractivity contribution in [3.05, 3.63) is 0 Å². The van der Waals surface area contributed by atoms with Crippen LogP contribution in [0, 0.1) is 16.7 Å². The van der Waals surface area contributed by atoms with Gasteiger partial charge >= 0.3 is 0 Å². The first kappa shape index (κ1) is 18.6. The van der Waals surface area contributed by atoms with Crippen molar-refractivity contribution in [1.82, 2.24) is 13.5 Å². The number of piperidine rings is 3. The number of methoxy groups -OCH3 is 1. The quantitative estimate of drug-likeness (QED) is 0.758. The zero-order chi connectivity index (χ0) is 17.6. The Morgan fingerprint density at radius 3 is 2.29 bits per heavy atom. The van der Waals surface area contributed by atoms with Gasteiger partial charge in [-0.3, -0.25) is 0 Å². The summed E-state index contributed by atoms with van der Waals surface area (Å²) in [7, 11) is 0.465. The molecule has 3 saturated heterocycles. The van der Waals surface area contributed by atoms with E-state index in [-0.39, 0.29) is 10.8 Å². The molecule has 3 heterocycles. The Morgan fingerprint density at radius 2 is 1.71 bits per heavy atom. The fraction of sp³-hybridized carbons (Fsp3) is 1.00. The van der Waals surface area contributed by atoms with Gasteiger partial charge in [-0.05, 0) is 43.1 Å². The van der Waals surface area contributed by atoms with E-state index >= 15 is 0 Å². The van der Waals surface area contributed by atoms with Gasteiger partial charge in [-0.25, -0.2) is 0 Å². The molecule has 0 aromatic rings. The standard InChI is InChI=1S/C17H33N3O3S/c1-16-10-17(2,12-18(3)11-16)14-20(13-16)24(21,22)19-7-5-6-15(8-19)9-23-4/h15H,5-14H2,1-4H3. The maximum atomic E-state index is 13.3. The molecule has 3 atom stereocenters. The number of fused-ring (bicyclic) bond motifs is 2. The Balaban J connectivity index is 1.78. The Hall–Kier alpha value is -0.210. The van der Waals surface area contributed by atoms with Crippen molar-refractivity contribution in [2.24, 2.45) is 16.7 Å². The highest BCUT2D eigenvalue weighted by Crippen LogP contribution is 2.46. The van der Waals surface area contributed by atoms with Gasteiger partial charge in [0, 0.05) is 46.4 Å². The molecule has 0 aliphatic carbocycles. The molecule has 6 nitrogen and oxygen atoms in total. The molecule has 0 spiro atoms. The van der Waals surface area contributed by atoms with Gasteiger partial charge in [0.25, 0.3) is 10.2 Å². The first-order chi connectivity index (χ1) is 11.2. The van der Waals surface area contributed by atoms with E-state index in [1.807, 2.05) is 0 Å². The Labute approximate surface area is 147 Å². The Morgan fingerprint density at radius 1 is 1.08 bits per heavy atom. The molecular weight excluding hydrogens is 326 g/mol. The van der Waals surface area contributed by atoms with Crippen LogP contribution in [0.15, 0.2) is 0 Å². The first-order valence-corrected chi connectivity index (χ1v) is 10.5. The normalized spacial score (nSPS) is 39.9. The summed E-state index contributed by atoms with van der Waals surface area (Å²) >= 11 is 0. The van der Waals surface area contributed by atoms with Crippen LogP contribution in [0.3, 0.4) is 0 Å². The maximum absolute atomic E-state index is 13.3.